The normalized spacial score (nSPS) is 11.9. The van der Waals surface area contributed by atoms with Crippen LogP contribution in [0.15, 0.2) is 46.9 Å². The van der Waals surface area contributed by atoms with Crippen LogP contribution in [0.3, 0.4) is 0 Å². The van der Waals surface area contributed by atoms with Crippen LogP contribution < -0.4 is 0 Å². The fourth-order valence-corrected chi connectivity index (χ4v) is 1.85. The molecule has 0 aliphatic carbocycles. The van der Waals surface area contributed by atoms with Crippen LogP contribution >= 0.6 is 0 Å². The summed E-state index contributed by atoms with van der Waals surface area (Å²) in [5.74, 6) is -0.870. The second kappa shape index (κ2) is 5.56. The highest BCUT2D eigenvalue weighted by molar-refractivity contribution is 5.91. The van der Waals surface area contributed by atoms with E-state index >= 15 is 0 Å². The van der Waals surface area contributed by atoms with Gasteiger partial charge in [0, 0.05) is 7.05 Å². The van der Waals surface area contributed by atoms with Gasteiger partial charge in [-0.2, -0.15) is 0 Å². The van der Waals surface area contributed by atoms with E-state index in [4.69, 9.17) is 4.42 Å². The van der Waals surface area contributed by atoms with Crippen LogP contribution in [0.5, 0.6) is 0 Å². The van der Waals surface area contributed by atoms with E-state index in [1.54, 1.807) is 7.05 Å². The molecule has 0 spiro atoms. The number of furan rings is 1. The molecule has 0 saturated heterocycles. The van der Waals surface area contributed by atoms with Crippen molar-refractivity contribution in [3.63, 3.8) is 0 Å². The number of hydrogen-bond acceptors (Lipinski definition) is 4. The van der Waals surface area contributed by atoms with Crippen LogP contribution in [0.1, 0.15) is 29.1 Å². The summed E-state index contributed by atoms with van der Waals surface area (Å²) in [6.07, 6.45) is 0. The number of carbonyl (C=O) groups excluding carboxylic acids is 1. The Kier molecular flexibility index (Phi) is 3.84. The van der Waals surface area contributed by atoms with Gasteiger partial charge in [0.1, 0.15) is 4.92 Å². The van der Waals surface area contributed by atoms with Crippen molar-refractivity contribution >= 4 is 11.8 Å². The van der Waals surface area contributed by atoms with Gasteiger partial charge < -0.3 is 9.32 Å². The minimum Gasteiger partial charge on any atom is -0.395 e. The number of benzene rings is 1. The van der Waals surface area contributed by atoms with Gasteiger partial charge in [-0.25, -0.2) is 0 Å². The first-order valence-electron chi connectivity index (χ1n) is 6.07. The molecule has 2 aromatic rings. The summed E-state index contributed by atoms with van der Waals surface area (Å²) in [5.41, 5.74) is 0.976. The van der Waals surface area contributed by atoms with Crippen LogP contribution in [-0.4, -0.2) is 22.8 Å². The lowest BCUT2D eigenvalue weighted by atomic mass is 10.1. The molecule has 1 aromatic carbocycles. The molecule has 0 N–H and O–H groups in total. The predicted octanol–water partition coefficient (Wildman–Crippen LogP) is 3.02. The van der Waals surface area contributed by atoms with Crippen LogP contribution in [0.25, 0.3) is 0 Å². The molecule has 0 aliphatic rings. The van der Waals surface area contributed by atoms with E-state index in [1.807, 2.05) is 37.3 Å². The zero-order chi connectivity index (χ0) is 14.7. The summed E-state index contributed by atoms with van der Waals surface area (Å²) in [6.45, 7) is 1.88. The van der Waals surface area contributed by atoms with Crippen molar-refractivity contribution < 1.29 is 14.1 Å². The summed E-state index contributed by atoms with van der Waals surface area (Å²) < 4.78 is 4.92. The Morgan fingerprint density at radius 3 is 2.45 bits per heavy atom. The molecule has 6 nitrogen and oxygen atoms in total. The summed E-state index contributed by atoms with van der Waals surface area (Å²) in [6, 6.07) is 11.8. The monoisotopic (exact) mass is 274 g/mol. The zero-order valence-electron chi connectivity index (χ0n) is 11.1. The average molecular weight is 274 g/mol. The van der Waals surface area contributed by atoms with E-state index in [1.165, 1.54) is 17.0 Å². The largest absolute Gasteiger partial charge is 0.433 e. The van der Waals surface area contributed by atoms with Crippen LogP contribution in [0.2, 0.25) is 0 Å². The summed E-state index contributed by atoms with van der Waals surface area (Å²) in [4.78, 5) is 23.6. The second-order valence-electron chi connectivity index (χ2n) is 4.40. The van der Waals surface area contributed by atoms with Gasteiger partial charge in [0.05, 0.1) is 12.1 Å². The summed E-state index contributed by atoms with van der Waals surface area (Å²) in [7, 11) is 1.63. The van der Waals surface area contributed by atoms with Crippen molar-refractivity contribution in [3.05, 3.63) is 63.9 Å². The first-order valence-corrected chi connectivity index (χ1v) is 6.07. The molecule has 0 bridgehead atoms. The first-order chi connectivity index (χ1) is 9.50. The molecule has 104 valence electrons. The fraction of sp³-hybridized carbons (Fsp3) is 0.214. The third-order valence-corrected chi connectivity index (χ3v) is 3.17. The van der Waals surface area contributed by atoms with Crippen molar-refractivity contribution in [2.45, 2.75) is 13.0 Å². The highest BCUT2D eigenvalue weighted by Crippen LogP contribution is 2.22. The maximum atomic E-state index is 12.2. The Bertz CT molecular complexity index is 621. The molecule has 1 atom stereocenters. The van der Waals surface area contributed by atoms with E-state index < -0.39 is 16.7 Å². The molecule has 1 heterocycles. The van der Waals surface area contributed by atoms with E-state index in [0.29, 0.717) is 0 Å². The molecule has 0 aliphatic heterocycles. The van der Waals surface area contributed by atoms with Gasteiger partial charge in [-0.1, -0.05) is 30.3 Å². The van der Waals surface area contributed by atoms with E-state index in [-0.39, 0.29) is 11.8 Å². The molecule has 6 heteroatoms. The van der Waals surface area contributed by atoms with E-state index in [2.05, 4.69) is 0 Å². The molecule has 1 aromatic heterocycles. The van der Waals surface area contributed by atoms with Gasteiger partial charge in [-0.05, 0) is 18.6 Å². The second-order valence-corrected chi connectivity index (χ2v) is 4.40. The SMILES string of the molecule is CC(c1ccccc1)N(C)C(=O)c1ccc([N+](=O)[O-])o1. The van der Waals surface area contributed by atoms with Gasteiger partial charge in [0.2, 0.25) is 0 Å². The quantitative estimate of drug-likeness (QED) is 0.634. The zero-order valence-corrected chi connectivity index (χ0v) is 11.1. The number of rotatable bonds is 4. The third kappa shape index (κ3) is 2.69. The van der Waals surface area contributed by atoms with Crippen LogP contribution in [-0.2, 0) is 0 Å². The summed E-state index contributed by atoms with van der Waals surface area (Å²) >= 11 is 0. The molecule has 1 amide bonds. The van der Waals surface area contributed by atoms with E-state index in [0.717, 1.165) is 5.56 Å². The molecule has 0 radical (unpaired) electrons. The predicted molar refractivity (Wildman–Crippen MR) is 72.3 cm³/mol. The minimum absolute atomic E-state index is 0.0398. The molecule has 2 rings (SSSR count). The minimum atomic E-state index is -0.669. The highest BCUT2D eigenvalue weighted by atomic mass is 16.6. The molecular formula is C14H14N2O4. The van der Waals surface area contributed by atoms with Crippen molar-refractivity contribution in [2.75, 3.05) is 7.05 Å². The standard InChI is InChI=1S/C14H14N2O4/c1-10(11-6-4-3-5-7-11)15(2)14(17)12-8-9-13(20-12)16(18)19/h3-10H,1-2H3. The average Bonchev–Trinajstić information content (AvgIpc) is 2.96. The number of carbonyl (C=O) groups is 1. The van der Waals surface area contributed by atoms with Crippen LogP contribution in [0, 0.1) is 10.1 Å². The number of amides is 1. The smallest absolute Gasteiger partial charge is 0.395 e. The Morgan fingerprint density at radius 2 is 1.90 bits per heavy atom. The Balaban J connectivity index is 2.17. The molecule has 1 unspecified atom stereocenters. The Morgan fingerprint density at radius 1 is 1.25 bits per heavy atom. The number of nitro groups is 1. The van der Waals surface area contributed by atoms with Gasteiger partial charge in [-0.15, -0.1) is 0 Å². The maximum Gasteiger partial charge on any atom is 0.433 e. The van der Waals surface area contributed by atoms with E-state index in [9.17, 15) is 14.9 Å². The first kappa shape index (κ1) is 13.8. The number of hydrogen-bond donors (Lipinski definition) is 0. The summed E-state index contributed by atoms with van der Waals surface area (Å²) in [5, 5.41) is 10.5. The third-order valence-electron chi connectivity index (χ3n) is 3.17. The highest BCUT2D eigenvalue weighted by Gasteiger charge is 2.23. The number of nitrogens with zero attached hydrogens (tertiary/aromatic N) is 2. The van der Waals surface area contributed by atoms with Gasteiger partial charge in [0.25, 0.3) is 5.91 Å². The molecule has 0 saturated carbocycles. The fourth-order valence-electron chi connectivity index (χ4n) is 1.85. The van der Waals surface area contributed by atoms with Crippen molar-refractivity contribution in [3.8, 4) is 0 Å². The lowest BCUT2D eigenvalue weighted by molar-refractivity contribution is -0.402. The van der Waals surface area contributed by atoms with Gasteiger partial charge in [0.15, 0.2) is 5.76 Å². The van der Waals surface area contributed by atoms with Crippen molar-refractivity contribution in [2.24, 2.45) is 0 Å². The van der Waals surface area contributed by atoms with Gasteiger partial charge >= 0.3 is 5.88 Å². The Hall–Kier alpha value is -2.63. The van der Waals surface area contributed by atoms with Gasteiger partial charge in [-0.3, -0.25) is 14.9 Å². The molecule has 20 heavy (non-hydrogen) atoms. The Labute approximate surface area is 115 Å². The molecular weight excluding hydrogens is 260 g/mol. The topological polar surface area (TPSA) is 76.6 Å². The van der Waals surface area contributed by atoms with Crippen LogP contribution in [0.4, 0.5) is 5.88 Å². The lowest BCUT2D eigenvalue weighted by Gasteiger charge is -2.24. The molecule has 0 fully saturated rings. The van der Waals surface area contributed by atoms with Crippen molar-refractivity contribution in [1.29, 1.82) is 0 Å². The van der Waals surface area contributed by atoms with Crippen molar-refractivity contribution in [1.82, 2.24) is 4.90 Å². The lowest BCUT2D eigenvalue weighted by Crippen LogP contribution is -2.29. The maximum absolute atomic E-state index is 12.2.